The van der Waals surface area contributed by atoms with Gasteiger partial charge in [0.05, 0.1) is 7.11 Å². The highest BCUT2D eigenvalue weighted by Crippen LogP contribution is 2.27. The predicted molar refractivity (Wildman–Crippen MR) is 77.4 cm³/mol. The number of nitrogens with two attached hydrogens (primary N) is 1. The van der Waals surface area contributed by atoms with Crippen molar-refractivity contribution in [3.8, 4) is 5.75 Å². The molecule has 3 heteroatoms. The first-order chi connectivity index (χ1) is 8.85. The van der Waals surface area contributed by atoms with Gasteiger partial charge in [0.15, 0.2) is 0 Å². The summed E-state index contributed by atoms with van der Waals surface area (Å²) in [6.07, 6.45) is 2.07. The molecule has 1 heterocycles. The van der Waals surface area contributed by atoms with E-state index in [0.717, 1.165) is 18.6 Å². The number of para-hydroxylation sites is 1. The molecule has 96 valence electrons. The molecule has 1 atom stereocenters. The van der Waals surface area contributed by atoms with E-state index in [9.17, 15) is 0 Å². The van der Waals surface area contributed by atoms with Gasteiger partial charge < -0.3 is 10.5 Å². The van der Waals surface area contributed by atoms with E-state index in [0.29, 0.717) is 12.5 Å². The molecule has 2 N–H and O–H groups in total. The van der Waals surface area contributed by atoms with E-state index in [1.165, 1.54) is 10.4 Å². The lowest BCUT2D eigenvalue weighted by molar-refractivity contribution is 0.408. The summed E-state index contributed by atoms with van der Waals surface area (Å²) < 4.78 is 5.37. The van der Waals surface area contributed by atoms with Crippen LogP contribution in [0.3, 0.4) is 0 Å². The fourth-order valence-electron chi connectivity index (χ4n) is 2.14. The molecule has 0 spiro atoms. The zero-order valence-electron chi connectivity index (χ0n) is 10.6. The fraction of sp³-hybridized carbons (Fsp3) is 0.333. The van der Waals surface area contributed by atoms with Gasteiger partial charge >= 0.3 is 0 Å². The topological polar surface area (TPSA) is 35.2 Å². The van der Waals surface area contributed by atoms with Crippen LogP contribution in [0.2, 0.25) is 0 Å². The minimum atomic E-state index is 0.454. The van der Waals surface area contributed by atoms with Crippen molar-refractivity contribution in [3.05, 3.63) is 52.2 Å². The van der Waals surface area contributed by atoms with E-state index in [4.69, 9.17) is 10.5 Å². The van der Waals surface area contributed by atoms with Gasteiger partial charge in [-0.15, -0.1) is 11.3 Å². The summed E-state index contributed by atoms with van der Waals surface area (Å²) in [4.78, 5) is 1.38. The minimum absolute atomic E-state index is 0.454. The Labute approximate surface area is 112 Å². The van der Waals surface area contributed by atoms with Gasteiger partial charge in [0.1, 0.15) is 5.75 Å². The lowest BCUT2D eigenvalue weighted by Gasteiger charge is -2.14. The molecule has 0 radical (unpaired) electrons. The molecule has 1 aromatic heterocycles. The second kappa shape index (κ2) is 6.57. The third-order valence-electron chi connectivity index (χ3n) is 3.18. The molecule has 0 saturated heterocycles. The summed E-state index contributed by atoms with van der Waals surface area (Å²) in [6.45, 7) is 0.704. The van der Waals surface area contributed by atoms with Crippen LogP contribution >= 0.6 is 11.3 Å². The Morgan fingerprint density at radius 2 is 2.06 bits per heavy atom. The Hall–Kier alpha value is -1.32. The maximum atomic E-state index is 5.87. The van der Waals surface area contributed by atoms with Crippen LogP contribution < -0.4 is 10.5 Å². The molecule has 0 aliphatic heterocycles. The lowest BCUT2D eigenvalue weighted by Crippen LogP contribution is -2.12. The summed E-state index contributed by atoms with van der Waals surface area (Å²) in [6, 6.07) is 12.5. The Morgan fingerprint density at radius 3 is 2.72 bits per heavy atom. The largest absolute Gasteiger partial charge is 0.496 e. The van der Waals surface area contributed by atoms with Gasteiger partial charge in [-0.25, -0.2) is 0 Å². The van der Waals surface area contributed by atoms with Gasteiger partial charge in [-0.05, 0) is 42.5 Å². The molecule has 0 amide bonds. The highest BCUT2D eigenvalue weighted by molar-refractivity contribution is 7.10. The average Bonchev–Trinajstić information content (AvgIpc) is 2.94. The van der Waals surface area contributed by atoms with Crippen LogP contribution in [-0.4, -0.2) is 13.7 Å². The van der Waals surface area contributed by atoms with Gasteiger partial charge in [0.2, 0.25) is 0 Å². The van der Waals surface area contributed by atoms with Gasteiger partial charge in [-0.1, -0.05) is 24.3 Å². The first-order valence-corrected chi connectivity index (χ1v) is 7.08. The Morgan fingerprint density at radius 1 is 1.22 bits per heavy atom. The first-order valence-electron chi connectivity index (χ1n) is 6.20. The molecular formula is C15H19NOS. The number of rotatable bonds is 6. The van der Waals surface area contributed by atoms with Crippen molar-refractivity contribution in [2.24, 2.45) is 5.73 Å². The zero-order valence-corrected chi connectivity index (χ0v) is 11.5. The highest BCUT2D eigenvalue weighted by Gasteiger charge is 2.12. The van der Waals surface area contributed by atoms with Crippen LogP contribution in [-0.2, 0) is 6.42 Å². The summed E-state index contributed by atoms with van der Waals surface area (Å²) in [5.74, 6) is 1.43. The van der Waals surface area contributed by atoms with Crippen molar-refractivity contribution in [1.29, 1.82) is 0 Å². The van der Waals surface area contributed by atoms with Crippen LogP contribution in [0.15, 0.2) is 41.8 Å². The highest BCUT2D eigenvalue weighted by atomic mass is 32.1. The molecule has 0 saturated carbocycles. The predicted octanol–water partition coefficient (Wildman–Crippen LogP) is 3.43. The molecule has 0 bridgehead atoms. The normalized spacial score (nSPS) is 12.3. The quantitative estimate of drug-likeness (QED) is 0.864. The molecule has 1 unspecified atom stereocenters. The molecule has 1 aromatic carbocycles. The van der Waals surface area contributed by atoms with E-state index in [-0.39, 0.29) is 0 Å². The summed E-state index contributed by atoms with van der Waals surface area (Å²) >= 11 is 1.79. The Kier molecular flexibility index (Phi) is 4.79. The summed E-state index contributed by atoms with van der Waals surface area (Å²) in [7, 11) is 1.72. The van der Waals surface area contributed by atoms with Crippen molar-refractivity contribution >= 4 is 11.3 Å². The number of methoxy groups -OCH3 is 1. The molecule has 2 aromatic rings. The van der Waals surface area contributed by atoms with Crippen LogP contribution in [0.1, 0.15) is 22.8 Å². The number of thiophene rings is 1. The molecule has 2 nitrogen and oxygen atoms in total. The van der Waals surface area contributed by atoms with E-state index in [1.54, 1.807) is 18.4 Å². The molecule has 18 heavy (non-hydrogen) atoms. The van der Waals surface area contributed by atoms with Crippen molar-refractivity contribution in [2.75, 3.05) is 13.7 Å². The standard InChI is InChI=1S/C15H19NOS/c1-17-14-6-3-2-5-12(14)8-9-13(11-16)15-7-4-10-18-15/h2-7,10,13H,8-9,11,16H2,1H3. The molecule has 0 aliphatic carbocycles. The van der Waals surface area contributed by atoms with Gasteiger partial charge in [0.25, 0.3) is 0 Å². The lowest BCUT2D eigenvalue weighted by atomic mass is 9.97. The minimum Gasteiger partial charge on any atom is -0.496 e. The summed E-state index contributed by atoms with van der Waals surface area (Å²) in [5.41, 5.74) is 7.13. The van der Waals surface area contributed by atoms with Crippen LogP contribution in [0.4, 0.5) is 0 Å². The van der Waals surface area contributed by atoms with Crippen molar-refractivity contribution in [3.63, 3.8) is 0 Å². The smallest absolute Gasteiger partial charge is 0.122 e. The summed E-state index contributed by atoms with van der Waals surface area (Å²) in [5, 5.41) is 2.11. The Bertz CT molecular complexity index is 467. The van der Waals surface area contributed by atoms with Crippen molar-refractivity contribution < 1.29 is 4.74 Å². The van der Waals surface area contributed by atoms with Crippen LogP contribution in [0, 0.1) is 0 Å². The zero-order chi connectivity index (χ0) is 12.8. The van der Waals surface area contributed by atoms with Crippen molar-refractivity contribution in [1.82, 2.24) is 0 Å². The average molecular weight is 261 g/mol. The van der Waals surface area contributed by atoms with Crippen LogP contribution in [0.25, 0.3) is 0 Å². The van der Waals surface area contributed by atoms with E-state index in [2.05, 4.69) is 29.6 Å². The van der Waals surface area contributed by atoms with E-state index < -0.39 is 0 Å². The first kappa shape index (κ1) is 13.1. The van der Waals surface area contributed by atoms with E-state index >= 15 is 0 Å². The third kappa shape index (κ3) is 3.12. The van der Waals surface area contributed by atoms with Gasteiger partial charge in [0, 0.05) is 10.8 Å². The monoisotopic (exact) mass is 261 g/mol. The number of hydrogen-bond donors (Lipinski definition) is 1. The second-order valence-electron chi connectivity index (χ2n) is 4.30. The van der Waals surface area contributed by atoms with Gasteiger partial charge in [-0.2, -0.15) is 0 Å². The Balaban J connectivity index is 2.02. The maximum Gasteiger partial charge on any atom is 0.122 e. The second-order valence-corrected chi connectivity index (χ2v) is 5.28. The third-order valence-corrected chi connectivity index (χ3v) is 4.22. The molecule has 0 aliphatic rings. The fourth-order valence-corrected chi connectivity index (χ4v) is 3.02. The van der Waals surface area contributed by atoms with Gasteiger partial charge in [-0.3, -0.25) is 0 Å². The van der Waals surface area contributed by atoms with Crippen LogP contribution in [0.5, 0.6) is 5.75 Å². The number of ether oxygens (including phenoxy) is 1. The van der Waals surface area contributed by atoms with Crippen molar-refractivity contribution in [2.45, 2.75) is 18.8 Å². The molecule has 2 rings (SSSR count). The molecular weight excluding hydrogens is 242 g/mol. The maximum absolute atomic E-state index is 5.87. The number of aryl methyl sites for hydroxylation is 1. The number of hydrogen-bond acceptors (Lipinski definition) is 3. The number of benzene rings is 1. The SMILES string of the molecule is COc1ccccc1CCC(CN)c1cccs1. The molecule has 0 fully saturated rings. The van der Waals surface area contributed by atoms with E-state index in [1.807, 2.05) is 12.1 Å².